The van der Waals surface area contributed by atoms with Gasteiger partial charge in [0.05, 0.1) is 5.56 Å². The van der Waals surface area contributed by atoms with Gasteiger partial charge in [-0.3, -0.25) is 0 Å². The number of carbonyl (C=O) groups excluding carboxylic acids is 1. The van der Waals surface area contributed by atoms with Crippen LogP contribution in [0.3, 0.4) is 0 Å². The lowest BCUT2D eigenvalue weighted by molar-refractivity contribution is 0.0224. The van der Waals surface area contributed by atoms with Gasteiger partial charge in [-0.1, -0.05) is 17.3 Å². The monoisotopic (exact) mass is 475 g/mol. The average molecular weight is 476 g/mol. The van der Waals surface area contributed by atoms with Crippen LogP contribution in [0.4, 0.5) is 10.6 Å². The fraction of sp³-hybridized carbons (Fsp3) is 0.481. The van der Waals surface area contributed by atoms with Crippen LogP contribution in [0.25, 0.3) is 22.8 Å². The number of pyridine rings is 1. The molecule has 8 nitrogen and oxygen atoms in total. The van der Waals surface area contributed by atoms with E-state index in [1.165, 1.54) is 18.4 Å². The number of amides is 1. The summed E-state index contributed by atoms with van der Waals surface area (Å²) < 4.78 is 11.2. The molecule has 0 radical (unpaired) electrons. The molecule has 0 saturated carbocycles. The van der Waals surface area contributed by atoms with Crippen LogP contribution < -0.4 is 4.90 Å². The summed E-state index contributed by atoms with van der Waals surface area (Å²) in [5.41, 5.74) is 4.56. The Kier molecular flexibility index (Phi) is 5.99. The number of aromatic nitrogens is 3. The highest BCUT2D eigenvalue weighted by molar-refractivity contribution is 5.69. The number of anilines is 1. The lowest BCUT2D eigenvalue weighted by atomic mass is 9.97. The number of aryl methyl sites for hydroxylation is 1. The molecular weight excluding hydrogens is 442 g/mol. The summed E-state index contributed by atoms with van der Waals surface area (Å²) in [4.78, 5) is 26.0. The van der Waals surface area contributed by atoms with Crippen molar-refractivity contribution in [3.8, 4) is 22.8 Å². The van der Waals surface area contributed by atoms with Gasteiger partial charge in [-0.2, -0.15) is 4.98 Å². The van der Waals surface area contributed by atoms with Crippen molar-refractivity contribution in [3.05, 3.63) is 47.2 Å². The van der Waals surface area contributed by atoms with E-state index in [9.17, 15) is 4.79 Å². The highest BCUT2D eigenvalue weighted by atomic mass is 16.6. The van der Waals surface area contributed by atoms with Crippen LogP contribution in [0.15, 0.2) is 35.0 Å². The third-order valence-corrected chi connectivity index (χ3v) is 6.68. The zero-order valence-electron chi connectivity index (χ0n) is 21.2. The molecule has 4 heterocycles. The zero-order valence-corrected chi connectivity index (χ0v) is 21.2. The first-order valence-corrected chi connectivity index (χ1v) is 12.4. The Morgan fingerprint density at radius 3 is 2.69 bits per heavy atom. The van der Waals surface area contributed by atoms with Crippen LogP contribution in [-0.4, -0.2) is 50.9 Å². The van der Waals surface area contributed by atoms with Crippen molar-refractivity contribution in [3.63, 3.8) is 0 Å². The topological polar surface area (TPSA) is 84.6 Å². The standard InChI is InChI=1S/C27H33N5O3/c1-17-13-21(15-28-24(17)32-11-6-7-18(32)2)25-29-23(30-35-25)20-9-8-19-10-12-31(16-22(19)14-20)26(33)34-27(3,4)5/h8-9,13-15,18H,6-7,10-12,16H2,1-5H3/t18-/m1/s1. The number of fused-ring (bicyclic) bond motifs is 1. The molecule has 5 rings (SSSR count). The SMILES string of the molecule is Cc1cc(-c2nc(-c3ccc4c(c3)CN(C(=O)OC(C)(C)C)CC4)no2)cnc1N1CCC[C@H]1C. The molecule has 2 aliphatic heterocycles. The van der Waals surface area contributed by atoms with E-state index in [4.69, 9.17) is 14.2 Å². The molecule has 0 spiro atoms. The highest BCUT2D eigenvalue weighted by Gasteiger charge is 2.27. The van der Waals surface area contributed by atoms with E-state index >= 15 is 0 Å². The van der Waals surface area contributed by atoms with Gasteiger partial charge in [0.2, 0.25) is 5.82 Å². The average Bonchev–Trinajstić information content (AvgIpc) is 3.47. The summed E-state index contributed by atoms with van der Waals surface area (Å²) in [6.45, 7) is 12.2. The Hall–Kier alpha value is -3.42. The normalized spacial score (nSPS) is 18.0. The van der Waals surface area contributed by atoms with Crippen molar-refractivity contribution in [2.45, 2.75) is 72.1 Å². The van der Waals surface area contributed by atoms with E-state index < -0.39 is 5.60 Å². The Labute approximate surface area is 206 Å². The van der Waals surface area contributed by atoms with E-state index in [-0.39, 0.29) is 6.09 Å². The van der Waals surface area contributed by atoms with E-state index in [0.29, 0.717) is 30.8 Å². The second kappa shape index (κ2) is 8.98. The molecule has 184 valence electrons. The number of benzene rings is 1. The molecule has 2 aromatic heterocycles. The predicted octanol–water partition coefficient (Wildman–Crippen LogP) is 5.39. The molecule has 0 bridgehead atoms. The minimum absolute atomic E-state index is 0.287. The Bertz CT molecular complexity index is 1250. The number of hydrogen-bond donors (Lipinski definition) is 0. The first-order valence-electron chi connectivity index (χ1n) is 12.4. The van der Waals surface area contributed by atoms with Crippen LogP contribution in [-0.2, 0) is 17.7 Å². The predicted molar refractivity (Wildman–Crippen MR) is 134 cm³/mol. The molecule has 1 atom stereocenters. The van der Waals surface area contributed by atoms with Gasteiger partial charge in [0.25, 0.3) is 5.89 Å². The van der Waals surface area contributed by atoms with Gasteiger partial charge < -0.3 is 19.1 Å². The summed E-state index contributed by atoms with van der Waals surface area (Å²) in [5.74, 6) is 2.00. The molecule has 1 amide bonds. The second-order valence-corrected chi connectivity index (χ2v) is 10.6. The minimum atomic E-state index is -0.515. The maximum absolute atomic E-state index is 12.5. The number of rotatable bonds is 3. The Morgan fingerprint density at radius 1 is 1.14 bits per heavy atom. The van der Waals surface area contributed by atoms with Crippen molar-refractivity contribution in [2.75, 3.05) is 18.0 Å². The third-order valence-electron chi connectivity index (χ3n) is 6.68. The summed E-state index contributed by atoms with van der Waals surface area (Å²) in [7, 11) is 0. The summed E-state index contributed by atoms with van der Waals surface area (Å²) in [6, 6.07) is 8.72. The van der Waals surface area contributed by atoms with Gasteiger partial charge in [-0.05, 0) is 82.7 Å². The molecule has 1 aromatic carbocycles. The lowest BCUT2D eigenvalue weighted by Crippen LogP contribution is -2.39. The van der Waals surface area contributed by atoms with Gasteiger partial charge in [0, 0.05) is 37.4 Å². The van der Waals surface area contributed by atoms with Crippen molar-refractivity contribution >= 4 is 11.9 Å². The fourth-order valence-electron chi connectivity index (χ4n) is 4.87. The molecule has 0 aliphatic carbocycles. The highest BCUT2D eigenvalue weighted by Crippen LogP contribution is 2.31. The molecule has 1 saturated heterocycles. The molecule has 1 fully saturated rings. The van der Waals surface area contributed by atoms with Gasteiger partial charge in [-0.15, -0.1) is 0 Å². The molecule has 8 heteroatoms. The van der Waals surface area contributed by atoms with Crippen LogP contribution in [0.1, 0.15) is 57.2 Å². The molecule has 0 N–H and O–H groups in total. The number of hydrogen-bond acceptors (Lipinski definition) is 7. The summed E-state index contributed by atoms with van der Waals surface area (Å²) >= 11 is 0. The van der Waals surface area contributed by atoms with Crippen molar-refractivity contribution in [1.82, 2.24) is 20.0 Å². The number of carbonyl (C=O) groups is 1. The first-order chi connectivity index (χ1) is 16.7. The van der Waals surface area contributed by atoms with Crippen LogP contribution in [0.2, 0.25) is 0 Å². The van der Waals surface area contributed by atoms with E-state index in [1.807, 2.05) is 39.1 Å². The summed E-state index contributed by atoms with van der Waals surface area (Å²) in [5, 5.41) is 4.23. The molecular formula is C27H33N5O3. The van der Waals surface area contributed by atoms with Crippen LogP contribution in [0.5, 0.6) is 0 Å². The van der Waals surface area contributed by atoms with Crippen LogP contribution >= 0.6 is 0 Å². The van der Waals surface area contributed by atoms with Crippen molar-refractivity contribution in [1.29, 1.82) is 0 Å². The third kappa shape index (κ3) is 4.88. The smallest absolute Gasteiger partial charge is 0.410 e. The lowest BCUT2D eigenvalue weighted by Gasteiger charge is -2.31. The van der Waals surface area contributed by atoms with Gasteiger partial charge in [0.1, 0.15) is 11.4 Å². The van der Waals surface area contributed by atoms with Gasteiger partial charge in [0.15, 0.2) is 0 Å². The van der Waals surface area contributed by atoms with Crippen LogP contribution in [0, 0.1) is 6.92 Å². The van der Waals surface area contributed by atoms with Gasteiger partial charge >= 0.3 is 6.09 Å². The quantitative estimate of drug-likeness (QED) is 0.502. The zero-order chi connectivity index (χ0) is 24.7. The largest absolute Gasteiger partial charge is 0.444 e. The number of nitrogens with zero attached hydrogens (tertiary/aromatic N) is 5. The van der Waals surface area contributed by atoms with E-state index in [0.717, 1.165) is 41.0 Å². The number of ether oxygens (including phenoxy) is 1. The minimum Gasteiger partial charge on any atom is -0.444 e. The Balaban J connectivity index is 1.35. The maximum atomic E-state index is 12.5. The first kappa shape index (κ1) is 23.3. The Morgan fingerprint density at radius 2 is 1.97 bits per heavy atom. The van der Waals surface area contributed by atoms with Crippen molar-refractivity contribution < 1.29 is 14.1 Å². The van der Waals surface area contributed by atoms with Gasteiger partial charge in [-0.25, -0.2) is 9.78 Å². The molecule has 2 aliphatic rings. The van der Waals surface area contributed by atoms with Crippen molar-refractivity contribution in [2.24, 2.45) is 0 Å². The fourth-order valence-corrected chi connectivity index (χ4v) is 4.87. The second-order valence-electron chi connectivity index (χ2n) is 10.6. The molecule has 35 heavy (non-hydrogen) atoms. The maximum Gasteiger partial charge on any atom is 0.410 e. The molecule has 0 unspecified atom stereocenters. The summed E-state index contributed by atoms with van der Waals surface area (Å²) in [6.07, 6.45) is 4.72. The van der Waals surface area contributed by atoms with E-state index in [1.54, 1.807) is 4.90 Å². The molecule has 3 aromatic rings. The van der Waals surface area contributed by atoms with E-state index in [2.05, 4.69) is 41.0 Å².